The number of rotatable bonds is 15. The van der Waals surface area contributed by atoms with Crippen LogP contribution in [0.5, 0.6) is 5.75 Å². The normalized spacial score (nSPS) is 25.0. The standard InChI is InChI=1S/C44H54N7O7S/c1-5-45-39-14-32(44(25-56-26-44)18-41-48-46-27-49(41)3)15-40(47-39)50-19-36-35(43(50)55)12-30(13-38(36)59-4)22-51(10-6-7-28(2)20-51)21-29-8-9-37(31(11-29)23-52)58-42-17-33(54)16-34(24-53)57-42/h8-9,11-15,23-24,27-28,33-34,42,54H,5-7,10,16-22,25-26H2,1-4H3,(H,45,47)/q+1/t28-,33?,34?,42?,51?/m0/s1. The van der Waals surface area contributed by atoms with Gasteiger partial charge >= 0.3 is 0 Å². The Morgan fingerprint density at radius 1 is 1.12 bits per heavy atom. The van der Waals surface area contributed by atoms with Crippen molar-refractivity contribution in [1.29, 1.82) is 0 Å². The number of aliphatic hydroxyl groups is 1. The zero-order valence-corrected chi connectivity index (χ0v) is 35.1. The van der Waals surface area contributed by atoms with Crippen molar-refractivity contribution in [3.05, 3.63) is 88.0 Å². The Kier molecular flexibility index (Phi) is 11.9. The third-order valence-electron chi connectivity index (χ3n) is 12.4. The number of ether oxygens (including phenoxy) is 3. The van der Waals surface area contributed by atoms with Crippen molar-refractivity contribution in [3.8, 4) is 5.75 Å². The van der Waals surface area contributed by atoms with Gasteiger partial charge in [0.05, 0.1) is 44.5 Å². The van der Waals surface area contributed by atoms with Gasteiger partial charge < -0.3 is 38.5 Å². The molecule has 8 rings (SSSR count). The van der Waals surface area contributed by atoms with E-state index in [9.17, 15) is 19.5 Å². The maximum absolute atomic E-state index is 14.6. The number of aromatic nitrogens is 4. The van der Waals surface area contributed by atoms with Crippen LogP contribution < -0.4 is 15.0 Å². The second-order valence-electron chi connectivity index (χ2n) is 16.9. The lowest BCUT2D eigenvalue weighted by atomic mass is 9.75. The number of nitrogens with zero attached hydrogens (tertiary/aromatic N) is 6. The first kappa shape index (κ1) is 41.1. The number of aryl methyl sites for hydroxylation is 1. The molecule has 0 saturated carbocycles. The zero-order chi connectivity index (χ0) is 41.3. The van der Waals surface area contributed by atoms with Gasteiger partial charge in [-0.2, -0.15) is 0 Å². The summed E-state index contributed by atoms with van der Waals surface area (Å²) in [5.74, 6) is 3.00. The first-order valence-electron chi connectivity index (χ1n) is 20.6. The molecular formula is C44H54N7O7S+. The number of thioether (sulfide) groups is 1. The number of aliphatic hydroxyl groups excluding tert-OH is 1. The van der Waals surface area contributed by atoms with E-state index in [1.54, 1.807) is 24.2 Å². The molecule has 0 aliphatic carbocycles. The molecule has 4 aliphatic heterocycles. The van der Waals surface area contributed by atoms with Gasteiger partial charge in [-0.25, -0.2) is 4.98 Å². The van der Waals surface area contributed by atoms with Gasteiger partial charge in [-0.15, -0.1) is 22.0 Å². The highest BCUT2D eigenvalue weighted by atomic mass is 32.2. The summed E-state index contributed by atoms with van der Waals surface area (Å²) in [4.78, 5) is 46.2. The highest BCUT2D eigenvalue weighted by molar-refractivity contribution is 7.98. The molecule has 59 heavy (non-hydrogen) atoms. The Bertz CT molecular complexity index is 2210. The van der Waals surface area contributed by atoms with E-state index in [0.29, 0.717) is 74.2 Å². The van der Waals surface area contributed by atoms with E-state index in [1.165, 1.54) is 0 Å². The number of hydrogen-bond donors (Lipinski definition) is 2. The third kappa shape index (κ3) is 8.53. The van der Waals surface area contributed by atoms with E-state index in [1.807, 2.05) is 35.6 Å². The highest BCUT2D eigenvalue weighted by Gasteiger charge is 2.43. The van der Waals surface area contributed by atoms with Crippen molar-refractivity contribution in [3.63, 3.8) is 0 Å². The van der Waals surface area contributed by atoms with Gasteiger partial charge in [-0.05, 0) is 79.6 Å². The van der Waals surface area contributed by atoms with Crippen LogP contribution >= 0.6 is 11.8 Å². The number of hydrogen-bond acceptors (Lipinski definition) is 12. The molecule has 3 saturated heterocycles. The number of carbonyl (C=O) groups is 3. The van der Waals surface area contributed by atoms with Crippen LogP contribution in [0.2, 0.25) is 0 Å². The Balaban J connectivity index is 1.06. The molecule has 4 unspecified atom stereocenters. The smallest absolute Gasteiger partial charge is 0.260 e. The lowest BCUT2D eigenvalue weighted by Gasteiger charge is -2.44. The second-order valence-corrected chi connectivity index (χ2v) is 17.8. The van der Waals surface area contributed by atoms with Gasteiger partial charge in [0.25, 0.3) is 5.91 Å². The van der Waals surface area contributed by atoms with Crippen LogP contribution in [-0.2, 0) is 52.8 Å². The van der Waals surface area contributed by atoms with E-state index in [-0.39, 0.29) is 24.2 Å². The Morgan fingerprint density at radius 3 is 2.64 bits per heavy atom. The van der Waals surface area contributed by atoms with Crippen LogP contribution in [0.4, 0.5) is 11.6 Å². The average Bonchev–Trinajstić information content (AvgIpc) is 3.77. The molecule has 4 aliphatic rings. The summed E-state index contributed by atoms with van der Waals surface area (Å²) in [6.45, 7) is 9.90. The predicted molar refractivity (Wildman–Crippen MR) is 223 cm³/mol. The number of fused-ring (bicyclic) bond motifs is 1. The molecule has 3 fully saturated rings. The van der Waals surface area contributed by atoms with Crippen molar-refractivity contribution in [1.82, 2.24) is 19.7 Å². The summed E-state index contributed by atoms with van der Waals surface area (Å²) in [7, 11) is 1.95. The molecule has 15 heteroatoms. The fourth-order valence-electron chi connectivity index (χ4n) is 9.44. The minimum absolute atomic E-state index is 0.0600. The highest BCUT2D eigenvalue weighted by Crippen LogP contribution is 2.41. The Morgan fingerprint density at radius 2 is 1.95 bits per heavy atom. The van der Waals surface area contributed by atoms with Crippen LogP contribution in [0.3, 0.4) is 0 Å². The van der Waals surface area contributed by atoms with Crippen LogP contribution in [0.25, 0.3) is 0 Å². The quantitative estimate of drug-likeness (QED) is 0.0915. The monoisotopic (exact) mass is 824 g/mol. The Hall–Kier alpha value is -4.67. The van der Waals surface area contributed by atoms with Crippen LogP contribution in [0.1, 0.15) is 88.3 Å². The fraction of sp³-hybridized carbons (Fsp3) is 0.500. The van der Waals surface area contributed by atoms with Gasteiger partial charge in [-0.3, -0.25) is 14.5 Å². The molecular weight excluding hydrogens is 771 g/mol. The SMILES string of the molecule is CCNc1cc(C2(Cc3nncn3C)COC2)cc(N2Cc3c(SC)cc(C[N+]4(Cc5ccc(OC6CC(O)CC(C=O)O6)c(C=O)c5)CCC[C@H](C)C4)cc3C2=O)n1. The van der Waals surface area contributed by atoms with E-state index in [2.05, 4.69) is 53.0 Å². The maximum atomic E-state index is 14.6. The molecule has 2 aromatic carbocycles. The van der Waals surface area contributed by atoms with E-state index in [0.717, 1.165) is 82.0 Å². The molecule has 5 atom stereocenters. The predicted octanol–water partition coefficient (Wildman–Crippen LogP) is 5.24. The molecule has 2 aromatic heterocycles. The van der Waals surface area contributed by atoms with Crippen molar-refractivity contribution in [2.45, 2.75) is 94.4 Å². The van der Waals surface area contributed by atoms with Crippen molar-refractivity contribution >= 4 is 41.9 Å². The minimum atomic E-state index is -0.831. The van der Waals surface area contributed by atoms with Crippen LogP contribution in [-0.4, -0.2) is 105 Å². The summed E-state index contributed by atoms with van der Waals surface area (Å²) >= 11 is 1.66. The zero-order valence-electron chi connectivity index (χ0n) is 34.3. The summed E-state index contributed by atoms with van der Waals surface area (Å²) < 4.78 is 20.2. The van der Waals surface area contributed by atoms with Crippen molar-refractivity contribution in [2.75, 3.05) is 49.3 Å². The van der Waals surface area contributed by atoms with Gasteiger partial charge in [0, 0.05) is 65.8 Å². The molecule has 1 amide bonds. The van der Waals surface area contributed by atoms with Crippen molar-refractivity contribution in [2.24, 2.45) is 13.0 Å². The Labute approximate surface area is 349 Å². The average molecular weight is 825 g/mol. The first-order chi connectivity index (χ1) is 28.5. The number of anilines is 2. The van der Waals surface area contributed by atoms with Gasteiger partial charge in [-0.1, -0.05) is 6.92 Å². The van der Waals surface area contributed by atoms with Crippen LogP contribution in [0, 0.1) is 5.92 Å². The molecule has 312 valence electrons. The summed E-state index contributed by atoms with van der Waals surface area (Å²) in [5.41, 5.74) is 4.98. The molecule has 4 aromatic rings. The lowest BCUT2D eigenvalue weighted by Crippen LogP contribution is -2.52. The minimum Gasteiger partial charge on any atom is -0.464 e. The molecule has 6 heterocycles. The number of carbonyl (C=O) groups excluding carboxylic acids is 3. The topological polar surface area (TPSA) is 158 Å². The van der Waals surface area contributed by atoms with Crippen LogP contribution in [0.15, 0.2) is 53.7 Å². The number of quaternary nitrogens is 1. The number of nitrogens with one attached hydrogen (secondary N) is 1. The molecule has 0 bridgehead atoms. The van der Waals surface area contributed by atoms with E-state index >= 15 is 0 Å². The summed E-state index contributed by atoms with van der Waals surface area (Å²) in [6.07, 6.45) is 6.24. The summed E-state index contributed by atoms with van der Waals surface area (Å²) in [6, 6.07) is 14.1. The third-order valence-corrected chi connectivity index (χ3v) is 13.2. The summed E-state index contributed by atoms with van der Waals surface area (Å²) in [5, 5.41) is 22.1. The van der Waals surface area contributed by atoms with E-state index < -0.39 is 18.5 Å². The molecule has 0 spiro atoms. The second kappa shape index (κ2) is 17.1. The number of amides is 1. The number of piperidine rings is 1. The molecule has 0 radical (unpaired) electrons. The van der Waals surface area contributed by atoms with Gasteiger partial charge in [0.2, 0.25) is 6.29 Å². The van der Waals surface area contributed by atoms with E-state index in [4.69, 9.17) is 19.2 Å². The number of likely N-dealkylation sites (tertiary alicyclic amines) is 1. The molecule has 2 N–H and O–H groups in total. The lowest BCUT2D eigenvalue weighted by molar-refractivity contribution is -0.960. The molecule has 14 nitrogen and oxygen atoms in total. The number of pyridine rings is 1. The van der Waals surface area contributed by atoms with Gasteiger partial charge in [0.1, 0.15) is 55.0 Å². The number of aldehydes is 2. The number of benzene rings is 2. The first-order valence-corrected chi connectivity index (χ1v) is 21.8. The maximum Gasteiger partial charge on any atom is 0.260 e. The largest absolute Gasteiger partial charge is 0.464 e. The van der Waals surface area contributed by atoms with Gasteiger partial charge in [0.15, 0.2) is 6.29 Å². The fourth-order valence-corrected chi connectivity index (χ4v) is 10.1. The van der Waals surface area contributed by atoms with Crippen molar-refractivity contribution < 1.29 is 38.2 Å².